The van der Waals surface area contributed by atoms with Gasteiger partial charge < -0.3 is 5.43 Å². The normalized spacial score (nSPS) is 20.8. The molecule has 1 aliphatic rings. The lowest BCUT2D eigenvalue weighted by molar-refractivity contribution is 0.919. The Balaban J connectivity index is 2.95. The van der Waals surface area contributed by atoms with Crippen molar-refractivity contribution >= 4 is 15.3 Å². The molecular formula is C9H13N3S. The van der Waals surface area contributed by atoms with Crippen LogP contribution in [-0.4, -0.2) is 10.6 Å². The van der Waals surface area contributed by atoms with Gasteiger partial charge >= 0.3 is 0 Å². The molecule has 0 amide bonds. The molecule has 1 aliphatic heterocycles. The Bertz CT molecular complexity index is 320. The van der Waals surface area contributed by atoms with Crippen molar-refractivity contribution in [3.05, 3.63) is 23.3 Å². The van der Waals surface area contributed by atoms with Crippen molar-refractivity contribution in [1.29, 1.82) is 5.26 Å². The number of nitrogens with two attached hydrogens (primary N) is 1. The molecule has 3 nitrogen and oxygen atoms in total. The summed E-state index contributed by atoms with van der Waals surface area (Å²) < 4.78 is 0. The lowest BCUT2D eigenvalue weighted by atomic mass is 10.3. The molecule has 1 heterocycles. The predicted octanol–water partition coefficient (Wildman–Crippen LogP) is 1.24. The smallest absolute Gasteiger partial charge is 0.106 e. The first kappa shape index (κ1) is 10.0. The zero-order chi connectivity index (χ0) is 9.68. The second-order valence-electron chi connectivity index (χ2n) is 2.66. The molecule has 0 fully saturated rings. The number of hydrogen-bond acceptors (Lipinski definition) is 3. The van der Waals surface area contributed by atoms with E-state index in [1.165, 1.54) is 0 Å². The van der Waals surface area contributed by atoms with Gasteiger partial charge in [0.1, 0.15) is 6.07 Å². The summed E-state index contributed by atoms with van der Waals surface area (Å²) in [6.07, 6.45) is 4.75. The molecule has 0 aromatic heterocycles. The molecule has 1 atom stereocenters. The molecule has 0 saturated heterocycles. The SMILES string of the molecule is CCCS1=C(C#N)C=CC(NN)=C1. The fraction of sp³-hybridized carbons (Fsp3) is 0.333. The van der Waals surface area contributed by atoms with Gasteiger partial charge in [0.25, 0.3) is 0 Å². The Morgan fingerprint density at radius 2 is 2.38 bits per heavy atom. The molecule has 3 N–H and O–H groups in total. The summed E-state index contributed by atoms with van der Waals surface area (Å²) in [4.78, 5) is 0.848. The Morgan fingerprint density at radius 1 is 1.62 bits per heavy atom. The van der Waals surface area contributed by atoms with E-state index in [0.717, 1.165) is 22.7 Å². The average Bonchev–Trinajstić information content (AvgIpc) is 2.18. The molecule has 13 heavy (non-hydrogen) atoms. The summed E-state index contributed by atoms with van der Waals surface area (Å²) in [5.41, 5.74) is 3.49. The summed E-state index contributed by atoms with van der Waals surface area (Å²) >= 11 is 0. The van der Waals surface area contributed by atoms with Gasteiger partial charge in [-0.25, -0.2) is 0 Å². The third-order valence-corrected chi connectivity index (χ3v) is 3.85. The molecule has 1 unspecified atom stereocenters. The molecular weight excluding hydrogens is 182 g/mol. The molecule has 0 saturated carbocycles. The quantitative estimate of drug-likeness (QED) is 0.404. The number of nitrogens with one attached hydrogen (secondary N) is 1. The second kappa shape index (κ2) is 4.85. The monoisotopic (exact) mass is 195 g/mol. The minimum Gasteiger partial charge on any atom is -0.324 e. The van der Waals surface area contributed by atoms with Gasteiger partial charge in [-0.05, 0) is 29.7 Å². The van der Waals surface area contributed by atoms with Crippen LogP contribution in [-0.2, 0) is 0 Å². The minimum atomic E-state index is -0.0482. The molecule has 1 rings (SSSR count). The van der Waals surface area contributed by atoms with Gasteiger partial charge in [-0.3, -0.25) is 5.84 Å². The Labute approximate surface area is 80.8 Å². The molecule has 0 aliphatic carbocycles. The number of hydrazine groups is 1. The van der Waals surface area contributed by atoms with Crippen LogP contribution in [0.2, 0.25) is 0 Å². The maximum absolute atomic E-state index is 8.83. The third-order valence-electron chi connectivity index (χ3n) is 1.67. The number of hydrogen-bond donors (Lipinski definition) is 2. The van der Waals surface area contributed by atoms with E-state index in [4.69, 9.17) is 11.1 Å². The van der Waals surface area contributed by atoms with Gasteiger partial charge in [-0.1, -0.05) is 6.92 Å². The highest BCUT2D eigenvalue weighted by Crippen LogP contribution is 2.24. The van der Waals surface area contributed by atoms with Crippen LogP contribution in [0.5, 0.6) is 0 Å². The largest absolute Gasteiger partial charge is 0.324 e. The van der Waals surface area contributed by atoms with Crippen molar-refractivity contribution in [1.82, 2.24) is 5.43 Å². The van der Waals surface area contributed by atoms with Crippen molar-refractivity contribution in [3.8, 4) is 6.07 Å². The third kappa shape index (κ3) is 2.44. The lowest BCUT2D eigenvalue weighted by Crippen LogP contribution is -2.20. The molecule has 0 radical (unpaired) electrons. The van der Waals surface area contributed by atoms with Gasteiger partial charge in [0.15, 0.2) is 0 Å². The maximum atomic E-state index is 8.83. The van der Waals surface area contributed by atoms with Crippen LogP contribution in [0.25, 0.3) is 0 Å². The van der Waals surface area contributed by atoms with E-state index >= 15 is 0 Å². The van der Waals surface area contributed by atoms with Crippen molar-refractivity contribution in [2.45, 2.75) is 13.3 Å². The molecule has 0 bridgehead atoms. The Morgan fingerprint density at radius 3 is 2.92 bits per heavy atom. The standard InChI is InChI=1S/C9H13N3S/c1-2-5-13-7-8(12-11)3-4-9(13)6-10/h3-4,7,12H,2,5,11H2,1H3. The Kier molecular flexibility index (Phi) is 3.74. The van der Waals surface area contributed by atoms with E-state index in [9.17, 15) is 0 Å². The van der Waals surface area contributed by atoms with Crippen molar-refractivity contribution < 1.29 is 0 Å². The van der Waals surface area contributed by atoms with Gasteiger partial charge in [0, 0.05) is 0 Å². The second-order valence-corrected chi connectivity index (χ2v) is 4.60. The van der Waals surface area contributed by atoms with Crippen molar-refractivity contribution in [2.75, 3.05) is 5.75 Å². The summed E-state index contributed by atoms with van der Waals surface area (Å²) in [6, 6.07) is 2.21. The van der Waals surface area contributed by atoms with Gasteiger partial charge in [0.05, 0.1) is 10.6 Å². The zero-order valence-electron chi connectivity index (χ0n) is 7.58. The minimum absolute atomic E-state index is 0.0482. The van der Waals surface area contributed by atoms with E-state index in [-0.39, 0.29) is 10.5 Å². The van der Waals surface area contributed by atoms with Crippen molar-refractivity contribution in [2.24, 2.45) is 5.84 Å². The van der Waals surface area contributed by atoms with Crippen LogP contribution in [0.4, 0.5) is 0 Å². The number of nitrogens with zero attached hydrogens (tertiary/aromatic N) is 1. The lowest BCUT2D eigenvalue weighted by Gasteiger charge is -2.11. The summed E-state index contributed by atoms with van der Waals surface area (Å²) in [7, 11) is -0.0482. The van der Waals surface area contributed by atoms with Crippen LogP contribution < -0.4 is 11.3 Å². The van der Waals surface area contributed by atoms with Crippen LogP contribution in [0.15, 0.2) is 23.3 Å². The Hall–Kier alpha value is -1.05. The van der Waals surface area contributed by atoms with E-state index in [1.54, 1.807) is 0 Å². The van der Waals surface area contributed by atoms with Crippen LogP contribution >= 0.6 is 10.5 Å². The maximum Gasteiger partial charge on any atom is 0.106 e. The van der Waals surface area contributed by atoms with Gasteiger partial charge in [-0.2, -0.15) is 5.26 Å². The fourth-order valence-corrected chi connectivity index (χ4v) is 2.79. The molecule has 4 heteroatoms. The first-order chi connectivity index (χ1) is 6.31. The molecule has 0 spiro atoms. The van der Waals surface area contributed by atoms with E-state index < -0.39 is 0 Å². The number of allylic oxidation sites excluding steroid dienone is 2. The average molecular weight is 195 g/mol. The highest BCUT2D eigenvalue weighted by molar-refractivity contribution is 8.19. The molecule has 0 aromatic carbocycles. The van der Waals surface area contributed by atoms with Crippen LogP contribution in [0.3, 0.4) is 0 Å². The topological polar surface area (TPSA) is 61.8 Å². The van der Waals surface area contributed by atoms with E-state index in [2.05, 4.69) is 18.4 Å². The summed E-state index contributed by atoms with van der Waals surface area (Å²) in [5, 5.41) is 10.9. The predicted molar refractivity (Wildman–Crippen MR) is 57.9 cm³/mol. The number of nitriles is 1. The van der Waals surface area contributed by atoms with E-state index in [0.29, 0.717) is 0 Å². The summed E-state index contributed by atoms with van der Waals surface area (Å²) in [6.45, 7) is 2.11. The first-order valence-electron chi connectivity index (χ1n) is 4.15. The zero-order valence-corrected chi connectivity index (χ0v) is 8.40. The van der Waals surface area contributed by atoms with Crippen molar-refractivity contribution in [3.63, 3.8) is 0 Å². The van der Waals surface area contributed by atoms with E-state index in [1.807, 2.05) is 17.6 Å². The molecule has 0 aromatic rings. The summed E-state index contributed by atoms with van der Waals surface area (Å²) in [5.74, 6) is 6.32. The molecule has 70 valence electrons. The highest BCUT2D eigenvalue weighted by Gasteiger charge is 2.04. The van der Waals surface area contributed by atoms with Crippen LogP contribution in [0.1, 0.15) is 13.3 Å². The number of rotatable bonds is 3. The fourth-order valence-electron chi connectivity index (χ4n) is 1.08. The van der Waals surface area contributed by atoms with Crippen LogP contribution in [0, 0.1) is 11.3 Å². The van der Waals surface area contributed by atoms with Gasteiger partial charge in [-0.15, -0.1) is 10.5 Å². The van der Waals surface area contributed by atoms with Gasteiger partial charge in [0.2, 0.25) is 0 Å². The highest BCUT2D eigenvalue weighted by atomic mass is 32.2. The first-order valence-corrected chi connectivity index (χ1v) is 5.60.